The molecule has 4 nitrogen and oxygen atoms in total. The molecule has 0 fully saturated rings. The normalized spacial score (nSPS) is 13.2. The van der Waals surface area contributed by atoms with Gasteiger partial charge in [0.05, 0.1) is 11.1 Å². The van der Waals surface area contributed by atoms with E-state index in [4.69, 9.17) is 0 Å². The lowest BCUT2D eigenvalue weighted by Crippen LogP contribution is -2.21. The van der Waals surface area contributed by atoms with E-state index in [1.54, 1.807) is 12.1 Å². The minimum Gasteiger partial charge on any atom is -0.288 e. The highest BCUT2D eigenvalue weighted by Crippen LogP contribution is 2.25. The monoisotopic (exact) mass is 210 g/mol. The second-order valence-electron chi connectivity index (χ2n) is 3.50. The van der Waals surface area contributed by atoms with Crippen molar-refractivity contribution in [1.82, 2.24) is 9.97 Å². The van der Waals surface area contributed by atoms with Crippen LogP contribution in [0.5, 0.6) is 0 Å². The van der Waals surface area contributed by atoms with Gasteiger partial charge in [-0.25, -0.2) is 0 Å². The molecule has 0 amide bonds. The Morgan fingerprint density at radius 2 is 1.12 bits per heavy atom. The number of rotatable bonds is 0. The molecule has 0 saturated carbocycles. The Balaban J connectivity index is 2.35. The van der Waals surface area contributed by atoms with E-state index in [9.17, 15) is 9.59 Å². The maximum atomic E-state index is 12.0. The molecule has 3 rings (SSSR count). The predicted octanol–water partition coefficient (Wildman–Crippen LogP) is 1.25. The van der Waals surface area contributed by atoms with Crippen LogP contribution >= 0.6 is 0 Å². The number of hydrogen-bond acceptors (Lipinski definition) is 4. The molecule has 0 radical (unpaired) electrons. The number of carbonyl (C=O) groups is 2. The smallest absolute Gasteiger partial charge is 0.196 e. The third-order valence-electron chi connectivity index (χ3n) is 2.62. The van der Waals surface area contributed by atoms with Gasteiger partial charge in [-0.15, -0.1) is 0 Å². The van der Waals surface area contributed by atoms with Crippen molar-refractivity contribution in [2.24, 2.45) is 0 Å². The van der Waals surface area contributed by atoms with Crippen LogP contribution in [0.4, 0.5) is 0 Å². The maximum absolute atomic E-state index is 12.0. The van der Waals surface area contributed by atoms with E-state index in [1.165, 1.54) is 24.8 Å². The summed E-state index contributed by atoms with van der Waals surface area (Å²) in [4.78, 5) is 31.8. The highest BCUT2D eigenvalue weighted by Gasteiger charge is 2.29. The summed E-state index contributed by atoms with van der Waals surface area (Å²) in [5.74, 6) is -0.333. The van der Waals surface area contributed by atoms with Crippen LogP contribution in [0, 0.1) is 0 Å². The van der Waals surface area contributed by atoms with Crippen molar-refractivity contribution >= 4 is 11.6 Å². The molecule has 76 valence electrons. The molecule has 0 saturated heterocycles. The summed E-state index contributed by atoms with van der Waals surface area (Å²) < 4.78 is 0. The molecule has 2 heterocycles. The molecule has 0 unspecified atom stereocenters. The first-order chi connectivity index (χ1) is 7.79. The number of hydrogen-bond donors (Lipinski definition) is 0. The minimum atomic E-state index is -0.167. The van der Waals surface area contributed by atoms with Gasteiger partial charge < -0.3 is 0 Å². The lowest BCUT2D eigenvalue weighted by atomic mass is 9.86. The topological polar surface area (TPSA) is 59.9 Å². The Hall–Kier alpha value is -2.36. The van der Waals surface area contributed by atoms with Gasteiger partial charge in [-0.2, -0.15) is 0 Å². The zero-order valence-corrected chi connectivity index (χ0v) is 8.18. The van der Waals surface area contributed by atoms with Crippen molar-refractivity contribution in [2.75, 3.05) is 0 Å². The second kappa shape index (κ2) is 3.06. The average molecular weight is 210 g/mol. The lowest BCUT2D eigenvalue weighted by molar-refractivity contribution is 0.0978. The van der Waals surface area contributed by atoms with Gasteiger partial charge in [0.15, 0.2) is 11.6 Å². The van der Waals surface area contributed by atoms with Crippen LogP contribution in [-0.4, -0.2) is 21.5 Å². The van der Waals surface area contributed by atoms with Crippen LogP contribution in [-0.2, 0) is 0 Å². The molecule has 0 aromatic carbocycles. The molecule has 0 atom stereocenters. The number of fused-ring (bicyclic) bond motifs is 2. The van der Waals surface area contributed by atoms with Crippen LogP contribution in [0.15, 0.2) is 36.9 Å². The van der Waals surface area contributed by atoms with E-state index in [1.807, 2.05) is 0 Å². The van der Waals surface area contributed by atoms with Gasteiger partial charge in [0.25, 0.3) is 0 Å². The summed E-state index contributed by atoms with van der Waals surface area (Å²) >= 11 is 0. The maximum Gasteiger partial charge on any atom is 0.196 e. The van der Waals surface area contributed by atoms with Gasteiger partial charge in [-0.3, -0.25) is 19.6 Å². The van der Waals surface area contributed by atoms with Crippen molar-refractivity contribution in [3.05, 3.63) is 59.2 Å². The Kier molecular flexibility index (Phi) is 1.71. The molecule has 0 spiro atoms. The lowest BCUT2D eigenvalue weighted by Gasteiger charge is -2.15. The summed E-state index contributed by atoms with van der Waals surface area (Å²) in [6, 6.07) is 3.12. The Labute approximate surface area is 91.0 Å². The second-order valence-corrected chi connectivity index (χ2v) is 3.50. The molecule has 0 bridgehead atoms. The van der Waals surface area contributed by atoms with Crippen molar-refractivity contribution in [3.8, 4) is 0 Å². The van der Waals surface area contributed by atoms with Gasteiger partial charge in [0.2, 0.25) is 0 Å². The Bertz CT molecular complexity index is 514. The van der Waals surface area contributed by atoms with E-state index < -0.39 is 0 Å². The summed E-state index contributed by atoms with van der Waals surface area (Å²) in [5.41, 5.74) is 1.54. The molecule has 1 aliphatic carbocycles. The van der Waals surface area contributed by atoms with Gasteiger partial charge in [0, 0.05) is 35.9 Å². The number of aromatic nitrogens is 2. The molecular formula is C12H6N2O2. The molecule has 16 heavy (non-hydrogen) atoms. The molecule has 0 aliphatic heterocycles. The molecule has 1 aliphatic rings. The highest BCUT2D eigenvalue weighted by atomic mass is 16.1. The highest BCUT2D eigenvalue weighted by molar-refractivity contribution is 6.28. The van der Waals surface area contributed by atoms with Gasteiger partial charge in [-0.05, 0) is 12.1 Å². The largest absolute Gasteiger partial charge is 0.288 e. The standard InChI is InChI=1S/C12H6N2O2/c15-11-7-1-3-13-5-9(7)12(16)8-2-4-14-6-10(8)11/h1-6H. The van der Waals surface area contributed by atoms with Gasteiger partial charge >= 0.3 is 0 Å². The Morgan fingerprint density at radius 3 is 1.56 bits per heavy atom. The molecule has 4 heteroatoms. The summed E-state index contributed by atoms with van der Waals surface area (Å²) in [6.07, 6.45) is 5.87. The van der Waals surface area contributed by atoms with Crippen molar-refractivity contribution in [3.63, 3.8) is 0 Å². The van der Waals surface area contributed by atoms with Crippen molar-refractivity contribution in [2.45, 2.75) is 0 Å². The van der Waals surface area contributed by atoms with Gasteiger partial charge in [-0.1, -0.05) is 0 Å². The Morgan fingerprint density at radius 1 is 0.688 bits per heavy atom. The fraction of sp³-hybridized carbons (Fsp3) is 0. The first kappa shape index (κ1) is 8.91. The number of ketones is 2. The van der Waals surface area contributed by atoms with Crippen LogP contribution in [0.2, 0.25) is 0 Å². The van der Waals surface area contributed by atoms with Crippen LogP contribution in [0.1, 0.15) is 31.8 Å². The first-order valence-corrected chi connectivity index (χ1v) is 4.76. The van der Waals surface area contributed by atoms with Crippen LogP contribution < -0.4 is 0 Å². The van der Waals surface area contributed by atoms with Crippen molar-refractivity contribution in [1.29, 1.82) is 0 Å². The van der Waals surface area contributed by atoms with Crippen LogP contribution in [0.25, 0.3) is 0 Å². The average Bonchev–Trinajstić information content (AvgIpc) is 2.36. The van der Waals surface area contributed by atoms with Gasteiger partial charge in [0.1, 0.15) is 0 Å². The fourth-order valence-corrected chi connectivity index (χ4v) is 1.84. The fourth-order valence-electron chi connectivity index (χ4n) is 1.84. The SMILES string of the molecule is O=C1c2ccncc2C(=O)c2ccncc21. The quantitative estimate of drug-likeness (QED) is 0.560. The van der Waals surface area contributed by atoms with E-state index in [-0.39, 0.29) is 11.6 Å². The molecular weight excluding hydrogens is 204 g/mol. The number of nitrogens with zero attached hydrogens (tertiary/aromatic N) is 2. The predicted molar refractivity (Wildman–Crippen MR) is 55.3 cm³/mol. The van der Waals surface area contributed by atoms with Crippen LogP contribution in [0.3, 0.4) is 0 Å². The van der Waals surface area contributed by atoms with E-state index in [0.717, 1.165) is 0 Å². The minimum absolute atomic E-state index is 0.167. The third-order valence-corrected chi connectivity index (χ3v) is 2.62. The number of pyridine rings is 2. The van der Waals surface area contributed by atoms with E-state index in [2.05, 4.69) is 9.97 Å². The molecule has 2 aromatic heterocycles. The molecule has 2 aromatic rings. The summed E-state index contributed by atoms with van der Waals surface area (Å²) in [5, 5.41) is 0. The van der Waals surface area contributed by atoms with E-state index >= 15 is 0 Å². The first-order valence-electron chi connectivity index (χ1n) is 4.76. The van der Waals surface area contributed by atoms with Crippen molar-refractivity contribution < 1.29 is 9.59 Å². The van der Waals surface area contributed by atoms with E-state index in [0.29, 0.717) is 22.3 Å². The summed E-state index contributed by atoms with van der Waals surface area (Å²) in [7, 11) is 0. The summed E-state index contributed by atoms with van der Waals surface area (Å²) in [6.45, 7) is 0. The molecule has 0 N–H and O–H groups in total. The number of carbonyl (C=O) groups excluding carboxylic acids is 2. The zero-order valence-electron chi connectivity index (χ0n) is 8.18. The zero-order chi connectivity index (χ0) is 11.1. The third kappa shape index (κ3) is 1.04.